The number of benzene rings is 1. The summed E-state index contributed by atoms with van der Waals surface area (Å²) in [7, 11) is 0. The number of halogens is 1. The van der Waals surface area contributed by atoms with E-state index >= 15 is 0 Å². The van der Waals surface area contributed by atoms with Crippen LogP contribution in [0.3, 0.4) is 0 Å². The summed E-state index contributed by atoms with van der Waals surface area (Å²) in [5.74, 6) is -1.17. The minimum Gasteiger partial charge on any atom is -0.487 e. The van der Waals surface area contributed by atoms with Gasteiger partial charge in [-0.05, 0) is 79.9 Å². The van der Waals surface area contributed by atoms with Crippen molar-refractivity contribution in [2.75, 3.05) is 0 Å². The molecule has 1 N–H and O–H groups in total. The molecule has 0 aliphatic carbocycles. The Bertz CT molecular complexity index is 879. The minimum absolute atomic E-state index is 0.0137. The molecule has 1 fully saturated rings. The van der Waals surface area contributed by atoms with E-state index in [2.05, 4.69) is 0 Å². The number of hydrogen-bond donors (Lipinski definition) is 1. The number of ether oxygens (including phenoxy) is 4. The van der Waals surface area contributed by atoms with Crippen LogP contribution in [-0.4, -0.2) is 63.7 Å². The summed E-state index contributed by atoms with van der Waals surface area (Å²) in [4.78, 5) is 39.7. The summed E-state index contributed by atoms with van der Waals surface area (Å²) < 4.78 is 35.5. The van der Waals surface area contributed by atoms with Crippen molar-refractivity contribution in [1.82, 2.24) is 4.90 Å². The fourth-order valence-electron chi connectivity index (χ4n) is 3.46. The van der Waals surface area contributed by atoms with Gasteiger partial charge in [0, 0.05) is 6.07 Å². The molecule has 0 bridgehead atoms. The third-order valence-corrected chi connectivity index (χ3v) is 4.98. The molecular weight excluding hydrogens is 461 g/mol. The number of carbonyl (C=O) groups excluding carboxylic acids is 3. The van der Waals surface area contributed by atoms with Gasteiger partial charge in [0.15, 0.2) is 0 Å². The van der Waals surface area contributed by atoms with Crippen LogP contribution in [0.1, 0.15) is 67.7 Å². The molecule has 0 radical (unpaired) electrons. The van der Waals surface area contributed by atoms with Gasteiger partial charge in [0.1, 0.15) is 47.1 Å². The van der Waals surface area contributed by atoms with Crippen LogP contribution in [0, 0.1) is 5.82 Å². The van der Waals surface area contributed by atoms with E-state index in [9.17, 15) is 23.9 Å². The monoisotopic (exact) mass is 497 g/mol. The average molecular weight is 498 g/mol. The average Bonchev–Trinajstić information content (AvgIpc) is 2.72. The third kappa shape index (κ3) is 8.69. The normalized spacial score (nSPS) is 23.7. The van der Waals surface area contributed by atoms with E-state index in [4.69, 9.17) is 18.9 Å². The van der Waals surface area contributed by atoms with E-state index in [1.807, 2.05) is 0 Å². The molecule has 1 aliphatic heterocycles. The Morgan fingerprint density at radius 3 is 2.14 bits per heavy atom. The first-order chi connectivity index (χ1) is 16.1. The lowest BCUT2D eigenvalue weighted by Crippen LogP contribution is -2.53. The Morgan fingerprint density at radius 2 is 1.63 bits per heavy atom. The van der Waals surface area contributed by atoms with Crippen LogP contribution in [0.5, 0.6) is 5.75 Å². The summed E-state index contributed by atoms with van der Waals surface area (Å²) >= 11 is 0. The van der Waals surface area contributed by atoms with Crippen molar-refractivity contribution in [2.45, 2.75) is 103 Å². The number of carbonyl (C=O) groups is 3. The molecule has 1 aromatic carbocycles. The number of aliphatic hydroxyl groups is 1. The molecule has 1 aromatic rings. The Labute approximate surface area is 205 Å². The molecule has 35 heavy (non-hydrogen) atoms. The zero-order valence-corrected chi connectivity index (χ0v) is 21.4. The van der Waals surface area contributed by atoms with E-state index in [0.29, 0.717) is 4.90 Å². The Balaban J connectivity index is 2.32. The van der Waals surface area contributed by atoms with E-state index in [1.54, 1.807) is 47.6 Å². The first kappa shape index (κ1) is 28.4. The molecule has 0 saturated carbocycles. The lowest BCUT2D eigenvalue weighted by molar-refractivity contribution is -0.162. The van der Waals surface area contributed by atoms with Crippen molar-refractivity contribution in [3.8, 4) is 5.75 Å². The van der Waals surface area contributed by atoms with Crippen LogP contribution < -0.4 is 4.74 Å². The number of aliphatic hydroxyl groups excluding tert-OH is 1. The topological polar surface area (TPSA) is 112 Å². The molecular formula is C25H36FNO8. The summed E-state index contributed by atoms with van der Waals surface area (Å²) in [5, 5.41) is 10.8. The summed E-state index contributed by atoms with van der Waals surface area (Å²) in [6.07, 6.45) is -4.67. The highest BCUT2D eigenvalue weighted by molar-refractivity contribution is 5.94. The maximum Gasteiger partial charge on any atom is 0.420 e. The van der Waals surface area contributed by atoms with E-state index in [0.717, 1.165) is 0 Å². The number of esters is 1. The highest BCUT2D eigenvalue weighted by atomic mass is 19.1. The first-order valence-corrected chi connectivity index (χ1v) is 11.6. The van der Waals surface area contributed by atoms with Crippen LogP contribution in [0.2, 0.25) is 0 Å². The number of imide groups is 1. The van der Waals surface area contributed by atoms with Gasteiger partial charge in [-0.2, -0.15) is 4.90 Å². The molecule has 1 saturated heterocycles. The lowest BCUT2D eigenvalue weighted by Gasteiger charge is -2.32. The molecule has 1 aliphatic rings. The molecule has 196 valence electrons. The van der Waals surface area contributed by atoms with Crippen molar-refractivity contribution >= 4 is 18.2 Å². The van der Waals surface area contributed by atoms with E-state index < -0.39 is 59.5 Å². The molecule has 2 amide bonds. The van der Waals surface area contributed by atoms with Crippen LogP contribution in [0.15, 0.2) is 24.3 Å². The van der Waals surface area contributed by atoms with Crippen LogP contribution in [-0.2, 0) is 19.0 Å². The van der Waals surface area contributed by atoms with Crippen molar-refractivity contribution in [2.24, 2.45) is 0 Å². The zero-order valence-electron chi connectivity index (χ0n) is 21.4. The van der Waals surface area contributed by atoms with Gasteiger partial charge in [-0.15, -0.1) is 0 Å². The molecule has 0 spiro atoms. The highest BCUT2D eigenvalue weighted by Crippen LogP contribution is 2.26. The predicted molar refractivity (Wildman–Crippen MR) is 124 cm³/mol. The van der Waals surface area contributed by atoms with Gasteiger partial charge in [0.2, 0.25) is 0 Å². The fourth-order valence-corrected chi connectivity index (χ4v) is 3.46. The van der Waals surface area contributed by atoms with Gasteiger partial charge in [0.05, 0.1) is 0 Å². The maximum atomic E-state index is 13.6. The van der Waals surface area contributed by atoms with Crippen LogP contribution >= 0.6 is 0 Å². The highest BCUT2D eigenvalue weighted by Gasteiger charge is 2.43. The Kier molecular flexibility index (Phi) is 9.11. The van der Waals surface area contributed by atoms with Gasteiger partial charge in [-0.25, -0.2) is 18.8 Å². The number of hydrogen-bond acceptors (Lipinski definition) is 8. The molecule has 1 heterocycles. The van der Waals surface area contributed by atoms with Crippen molar-refractivity contribution < 1.29 is 42.8 Å². The van der Waals surface area contributed by atoms with Crippen LogP contribution in [0.4, 0.5) is 14.0 Å². The second-order valence-corrected chi connectivity index (χ2v) is 10.5. The molecule has 9 nitrogen and oxygen atoms in total. The lowest BCUT2D eigenvalue weighted by atomic mass is 10.0. The predicted octanol–water partition coefficient (Wildman–Crippen LogP) is 4.59. The minimum atomic E-state index is -1.35. The van der Waals surface area contributed by atoms with Gasteiger partial charge < -0.3 is 24.1 Å². The first-order valence-electron chi connectivity index (χ1n) is 11.6. The number of cyclic esters (lactones) is 1. The van der Waals surface area contributed by atoms with Crippen molar-refractivity contribution in [3.05, 3.63) is 30.1 Å². The molecule has 0 unspecified atom stereocenters. The Morgan fingerprint density at radius 1 is 1.06 bits per heavy atom. The quantitative estimate of drug-likeness (QED) is 0.477. The van der Waals surface area contributed by atoms with Gasteiger partial charge in [-0.1, -0.05) is 6.07 Å². The second-order valence-electron chi connectivity index (χ2n) is 10.5. The number of rotatable bonds is 3. The summed E-state index contributed by atoms with van der Waals surface area (Å²) in [5.41, 5.74) is -1.87. The van der Waals surface area contributed by atoms with Gasteiger partial charge in [-0.3, -0.25) is 0 Å². The zero-order chi connectivity index (χ0) is 26.6. The van der Waals surface area contributed by atoms with E-state index in [1.165, 1.54) is 25.1 Å². The van der Waals surface area contributed by atoms with Crippen LogP contribution in [0.25, 0.3) is 0 Å². The largest absolute Gasteiger partial charge is 0.487 e. The van der Waals surface area contributed by atoms with E-state index in [-0.39, 0.29) is 25.0 Å². The third-order valence-electron chi connectivity index (χ3n) is 4.98. The standard InChI is InChI=1S/C25H36FNO8/c1-15-20(28)19(33-17-11-8-10-16(26)14-17)13-9-12-18(21(29)32-15)27(22(30)34-24(2,3)4)23(31)35-25(5,6)7/h8,10-11,14-15,18-20,28H,9,12-13H2,1-7H3/t15-,18-,19-,20-/m0/s1. The fraction of sp³-hybridized carbons (Fsp3) is 0.640. The van der Waals surface area contributed by atoms with Crippen molar-refractivity contribution in [3.63, 3.8) is 0 Å². The Hall–Kier alpha value is -2.88. The summed E-state index contributed by atoms with van der Waals surface area (Å²) in [6.45, 7) is 11.3. The van der Waals surface area contributed by atoms with Crippen molar-refractivity contribution in [1.29, 1.82) is 0 Å². The SMILES string of the molecule is C[C@@H]1OC(=O)[C@@H](N(C(=O)OC(C)(C)C)C(=O)OC(C)(C)C)CCC[C@H](Oc2cccc(F)c2)[C@H]1O. The molecule has 0 aromatic heterocycles. The summed E-state index contributed by atoms with van der Waals surface area (Å²) in [6, 6.07) is 4.14. The van der Waals surface area contributed by atoms with Gasteiger partial charge >= 0.3 is 18.2 Å². The smallest absolute Gasteiger partial charge is 0.420 e. The number of nitrogens with zero attached hydrogens (tertiary/aromatic N) is 1. The number of amides is 2. The maximum absolute atomic E-state index is 13.6. The molecule has 4 atom stereocenters. The second kappa shape index (κ2) is 11.2. The van der Waals surface area contributed by atoms with Gasteiger partial charge in [0.25, 0.3) is 0 Å². The molecule has 2 rings (SSSR count). The molecule has 10 heteroatoms.